The zero-order valence-electron chi connectivity index (χ0n) is 14.5. The average molecular weight is 335 g/mol. The molecular weight excluding hydrogens is 314 g/mol. The van der Waals surface area contributed by atoms with Gasteiger partial charge in [-0.3, -0.25) is 5.10 Å². The summed E-state index contributed by atoms with van der Waals surface area (Å²) in [4.78, 5) is 12.7. The van der Waals surface area contributed by atoms with E-state index in [9.17, 15) is 4.79 Å². The van der Waals surface area contributed by atoms with Gasteiger partial charge in [0.2, 0.25) is 0 Å². The van der Waals surface area contributed by atoms with Crippen LogP contribution >= 0.6 is 0 Å². The highest BCUT2D eigenvalue weighted by atomic mass is 16.5. The van der Waals surface area contributed by atoms with Crippen LogP contribution in [-0.4, -0.2) is 27.3 Å². The first-order valence-corrected chi connectivity index (χ1v) is 8.66. The lowest BCUT2D eigenvalue weighted by Crippen LogP contribution is -2.16. The van der Waals surface area contributed by atoms with Gasteiger partial charge in [0.05, 0.1) is 18.5 Å². The van der Waals surface area contributed by atoms with Crippen LogP contribution in [0.3, 0.4) is 0 Å². The highest BCUT2D eigenvalue weighted by molar-refractivity contribution is 5.94. The van der Waals surface area contributed by atoms with Gasteiger partial charge < -0.3 is 9.30 Å². The molecule has 5 heteroatoms. The second-order valence-corrected chi connectivity index (χ2v) is 6.35. The van der Waals surface area contributed by atoms with Gasteiger partial charge in [-0.1, -0.05) is 30.3 Å². The number of esters is 1. The van der Waals surface area contributed by atoms with Crippen molar-refractivity contribution in [3.05, 3.63) is 64.6 Å². The Morgan fingerprint density at radius 1 is 1.28 bits per heavy atom. The minimum Gasteiger partial charge on any atom is -0.461 e. The summed E-state index contributed by atoms with van der Waals surface area (Å²) in [6, 6.07) is 10.2. The first kappa shape index (κ1) is 15.7. The quantitative estimate of drug-likeness (QED) is 0.742. The van der Waals surface area contributed by atoms with Crippen LogP contribution in [0, 0.1) is 6.92 Å². The van der Waals surface area contributed by atoms with E-state index in [0.29, 0.717) is 18.8 Å². The summed E-state index contributed by atoms with van der Waals surface area (Å²) in [5.41, 5.74) is 7.35. The Bertz CT molecular complexity index is 922. The van der Waals surface area contributed by atoms with E-state index in [-0.39, 0.29) is 5.97 Å². The molecule has 0 unspecified atom stereocenters. The zero-order valence-corrected chi connectivity index (χ0v) is 14.5. The Hall–Kier alpha value is -2.82. The van der Waals surface area contributed by atoms with Gasteiger partial charge in [-0.25, -0.2) is 4.79 Å². The number of nitrogens with one attached hydrogen (secondary N) is 1. The predicted octanol–water partition coefficient (Wildman–Crippen LogP) is 3.51. The number of H-pyrrole nitrogens is 1. The van der Waals surface area contributed by atoms with E-state index in [0.717, 1.165) is 40.9 Å². The maximum atomic E-state index is 12.7. The van der Waals surface area contributed by atoms with Crippen molar-refractivity contribution in [2.75, 3.05) is 6.61 Å². The Balaban J connectivity index is 1.89. The second kappa shape index (κ2) is 6.24. The summed E-state index contributed by atoms with van der Waals surface area (Å²) < 4.78 is 7.46. The van der Waals surface area contributed by atoms with Gasteiger partial charge in [-0.2, -0.15) is 5.10 Å². The molecular formula is C20H21N3O2. The summed E-state index contributed by atoms with van der Waals surface area (Å²) in [5.74, 6) is -0.245. The van der Waals surface area contributed by atoms with E-state index in [1.165, 1.54) is 5.56 Å². The molecule has 3 aromatic rings. The van der Waals surface area contributed by atoms with Crippen molar-refractivity contribution >= 4 is 5.97 Å². The van der Waals surface area contributed by atoms with E-state index in [4.69, 9.17) is 4.74 Å². The molecule has 0 aliphatic heterocycles. The topological polar surface area (TPSA) is 59.9 Å². The first-order valence-electron chi connectivity index (χ1n) is 8.66. The molecule has 2 aromatic heterocycles. The number of carbonyl (C=O) groups is 1. The summed E-state index contributed by atoms with van der Waals surface area (Å²) in [6.07, 6.45) is 3.61. The van der Waals surface area contributed by atoms with E-state index in [1.54, 1.807) is 0 Å². The van der Waals surface area contributed by atoms with E-state index in [2.05, 4.69) is 33.8 Å². The molecule has 0 fully saturated rings. The molecule has 1 aliphatic rings. The number of benzene rings is 1. The van der Waals surface area contributed by atoms with Crippen molar-refractivity contribution in [3.63, 3.8) is 0 Å². The van der Waals surface area contributed by atoms with Crippen LogP contribution in [0.2, 0.25) is 0 Å². The Morgan fingerprint density at radius 2 is 2.08 bits per heavy atom. The normalized spacial score (nSPS) is 12.6. The van der Waals surface area contributed by atoms with Gasteiger partial charge >= 0.3 is 5.97 Å². The summed E-state index contributed by atoms with van der Waals surface area (Å²) in [7, 11) is 0. The molecule has 2 heterocycles. The number of hydrogen-bond acceptors (Lipinski definition) is 3. The van der Waals surface area contributed by atoms with Crippen molar-refractivity contribution in [3.8, 4) is 11.3 Å². The largest absolute Gasteiger partial charge is 0.461 e. The maximum absolute atomic E-state index is 12.7. The van der Waals surface area contributed by atoms with Crippen LogP contribution in [-0.2, 0) is 24.1 Å². The fourth-order valence-electron chi connectivity index (χ4n) is 3.75. The number of fused-ring (bicyclic) bond motifs is 3. The number of carbonyl (C=O) groups excluding carboxylic acids is 1. The number of rotatable bonds is 4. The molecule has 25 heavy (non-hydrogen) atoms. The number of aryl methyl sites for hydroxylation is 1. The number of aromatic amines is 1. The van der Waals surface area contributed by atoms with Crippen molar-refractivity contribution < 1.29 is 9.53 Å². The second-order valence-electron chi connectivity index (χ2n) is 6.35. The van der Waals surface area contributed by atoms with E-state index >= 15 is 0 Å². The van der Waals surface area contributed by atoms with Crippen molar-refractivity contribution in [2.24, 2.45) is 0 Å². The zero-order chi connectivity index (χ0) is 17.4. The number of hydrogen-bond donors (Lipinski definition) is 1. The van der Waals surface area contributed by atoms with Gasteiger partial charge in [0.25, 0.3) is 0 Å². The van der Waals surface area contributed by atoms with Crippen molar-refractivity contribution in [2.45, 2.75) is 33.2 Å². The molecule has 5 nitrogen and oxygen atoms in total. The number of aromatic nitrogens is 3. The molecule has 0 saturated heterocycles. The van der Waals surface area contributed by atoms with Crippen molar-refractivity contribution in [1.82, 2.24) is 14.8 Å². The Morgan fingerprint density at radius 3 is 2.84 bits per heavy atom. The van der Waals surface area contributed by atoms with Gasteiger partial charge in [-0.05, 0) is 43.4 Å². The predicted molar refractivity (Wildman–Crippen MR) is 95.7 cm³/mol. The smallest absolute Gasteiger partial charge is 0.355 e. The molecule has 0 radical (unpaired) electrons. The van der Waals surface area contributed by atoms with Crippen molar-refractivity contribution in [1.29, 1.82) is 0 Å². The third kappa shape index (κ3) is 2.56. The monoisotopic (exact) mass is 335 g/mol. The molecule has 0 amide bonds. The van der Waals surface area contributed by atoms with E-state index < -0.39 is 0 Å². The van der Waals surface area contributed by atoms with Gasteiger partial charge in [0, 0.05) is 17.8 Å². The molecule has 0 saturated carbocycles. The summed E-state index contributed by atoms with van der Waals surface area (Å²) >= 11 is 0. The van der Waals surface area contributed by atoms with Crippen LogP contribution in [0.25, 0.3) is 11.3 Å². The molecule has 1 aromatic carbocycles. The molecule has 128 valence electrons. The molecule has 1 aliphatic carbocycles. The number of nitrogens with zero attached hydrogens (tertiary/aromatic N) is 2. The minimum absolute atomic E-state index is 0.245. The fourth-order valence-corrected chi connectivity index (χ4v) is 3.75. The molecule has 0 atom stereocenters. The first-order chi connectivity index (χ1) is 12.2. The SMILES string of the molecule is CCOC(=O)c1c2c(c(C)n1Cc1ccccc1)-c1[nH]ncc1CC2. The minimum atomic E-state index is -0.245. The third-order valence-electron chi connectivity index (χ3n) is 4.89. The van der Waals surface area contributed by atoms with Crippen LogP contribution < -0.4 is 0 Å². The van der Waals surface area contributed by atoms with Gasteiger partial charge in [-0.15, -0.1) is 0 Å². The molecule has 0 spiro atoms. The third-order valence-corrected chi connectivity index (χ3v) is 4.89. The molecule has 4 rings (SSSR count). The lowest BCUT2D eigenvalue weighted by Gasteiger charge is -2.13. The van der Waals surface area contributed by atoms with Crippen LogP contribution in [0.1, 0.15) is 39.8 Å². The van der Waals surface area contributed by atoms with Crippen LogP contribution in [0.15, 0.2) is 36.5 Å². The lowest BCUT2D eigenvalue weighted by molar-refractivity contribution is 0.0512. The number of ether oxygens (including phenoxy) is 1. The highest BCUT2D eigenvalue weighted by Gasteiger charge is 2.31. The standard InChI is InChI=1S/C20H21N3O2/c1-3-25-20(24)19-16-10-9-15-11-21-22-18(15)17(16)13(2)23(19)12-14-7-5-4-6-8-14/h4-8,11H,3,9-10,12H2,1-2H3,(H,21,22). The Kier molecular flexibility index (Phi) is 3.92. The van der Waals surface area contributed by atoms with Crippen LogP contribution in [0.4, 0.5) is 0 Å². The summed E-state index contributed by atoms with van der Waals surface area (Å²) in [5, 5.41) is 7.31. The Labute approximate surface area is 146 Å². The lowest BCUT2D eigenvalue weighted by atomic mass is 9.91. The maximum Gasteiger partial charge on any atom is 0.355 e. The highest BCUT2D eigenvalue weighted by Crippen LogP contribution is 2.38. The summed E-state index contributed by atoms with van der Waals surface area (Å²) in [6.45, 7) is 4.94. The van der Waals surface area contributed by atoms with Crippen LogP contribution in [0.5, 0.6) is 0 Å². The average Bonchev–Trinajstić information content (AvgIpc) is 3.19. The van der Waals surface area contributed by atoms with Gasteiger partial charge in [0.15, 0.2) is 0 Å². The molecule has 1 N–H and O–H groups in total. The molecule has 0 bridgehead atoms. The van der Waals surface area contributed by atoms with E-state index in [1.807, 2.05) is 31.3 Å². The van der Waals surface area contributed by atoms with Gasteiger partial charge in [0.1, 0.15) is 5.69 Å². The fraction of sp³-hybridized carbons (Fsp3) is 0.300.